The fourth-order valence-corrected chi connectivity index (χ4v) is 3.93. The molecule has 84 valence electrons. The average Bonchev–Trinajstić information content (AvgIpc) is 2.96. The van der Waals surface area contributed by atoms with Gasteiger partial charge in [0, 0.05) is 28.3 Å². The minimum atomic E-state index is 0.317. The van der Waals surface area contributed by atoms with Crippen molar-refractivity contribution < 1.29 is 0 Å². The molecule has 2 aromatic heterocycles. The molecule has 2 unspecified atom stereocenters. The highest BCUT2D eigenvalue weighted by Gasteiger charge is 2.27. The summed E-state index contributed by atoms with van der Waals surface area (Å²) in [7, 11) is 0. The lowest BCUT2D eigenvalue weighted by atomic mass is 10.0. The van der Waals surface area contributed by atoms with E-state index in [1.165, 1.54) is 24.1 Å². The Balaban J connectivity index is 1.88. The van der Waals surface area contributed by atoms with Crippen LogP contribution in [0.25, 0.3) is 10.6 Å². The van der Waals surface area contributed by atoms with E-state index in [0.717, 1.165) is 11.4 Å². The van der Waals surface area contributed by atoms with Gasteiger partial charge < -0.3 is 5.73 Å². The van der Waals surface area contributed by atoms with E-state index >= 15 is 0 Å². The number of nitrogens with two attached hydrogens (primary N) is 1. The third kappa shape index (κ3) is 1.81. The number of aromatic nitrogens is 1. The molecule has 1 aliphatic carbocycles. The van der Waals surface area contributed by atoms with Crippen LogP contribution >= 0.6 is 22.7 Å². The van der Waals surface area contributed by atoms with Crippen LogP contribution in [0.15, 0.2) is 22.2 Å². The summed E-state index contributed by atoms with van der Waals surface area (Å²) >= 11 is 3.45. The van der Waals surface area contributed by atoms with E-state index in [1.807, 2.05) is 0 Å². The number of thiazole rings is 1. The lowest BCUT2D eigenvalue weighted by Crippen LogP contribution is -2.22. The predicted octanol–water partition coefficient (Wildman–Crippen LogP) is 3.47. The molecule has 4 heteroatoms. The van der Waals surface area contributed by atoms with Gasteiger partial charge in [0.15, 0.2) is 0 Å². The number of hydrogen-bond acceptors (Lipinski definition) is 4. The Morgan fingerprint density at radius 2 is 2.25 bits per heavy atom. The van der Waals surface area contributed by atoms with E-state index in [1.54, 1.807) is 22.7 Å². The molecule has 2 nitrogen and oxygen atoms in total. The zero-order valence-corrected chi connectivity index (χ0v) is 10.6. The van der Waals surface area contributed by atoms with Crippen molar-refractivity contribution in [3.63, 3.8) is 0 Å². The van der Waals surface area contributed by atoms with E-state index in [4.69, 9.17) is 10.7 Å². The van der Waals surface area contributed by atoms with Crippen molar-refractivity contribution in [2.75, 3.05) is 0 Å². The van der Waals surface area contributed by atoms with Crippen molar-refractivity contribution in [2.45, 2.75) is 31.2 Å². The van der Waals surface area contributed by atoms with E-state index in [-0.39, 0.29) is 0 Å². The van der Waals surface area contributed by atoms with Gasteiger partial charge in [-0.05, 0) is 24.3 Å². The lowest BCUT2D eigenvalue weighted by molar-refractivity contribution is 0.602. The van der Waals surface area contributed by atoms with E-state index in [9.17, 15) is 0 Å². The number of thiophene rings is 1. The van der Waals surface area contributed by atoms with Crippen LogP contribution in [0.1, 0.15) is 30.9 Å². The van der Waals surface area contributed by atoms with Gasteiger partial charge in [0.25, 0.3) is 0 Å². The molecule has 0 aliphatic heterocycles. The summed E-state index contributed by atoms with van der Waals surface area (Å²) in [6.45, 7) is 0. The molecule has 16 heavy (non-hydrogen) atoms. The molecule has 0 amide bonds. The quantitative estimate of drug-likeness (QED) is 0.886. The molecule has 1 saturated carbocycles. The van der Waals surface area contributed by atoms with Crippen LogP contribution in [0.4, 0.5) is 0 Å². The van der Waals surface area contributed by atoms with Gasteiger partial charge in [0.2, 0.25) is 0 Å². The van der Waals surface area contributed by atoms with Crippen molar-refractivity contribution in [1.29, 1.82) is 0 Å². The van der Waals surface area contributed by atoms with E-state index in [2.05, 4.69) is 22.2 Å². The SMILES string of the molecule is NC1CCCC1c1csc(-c2ccsc2)n1. The molecule has 2 N–H and O–H groups in total. The van der Waals surface area contributed by atoms with E-state index in [0.29, 0.717) is 12.0 Å². The molecule has 1 fully saturated rings. The zero-order chi connectivity index (χ0) is 11.0. The second kappa shape index (κ2) is 4.28. The lowest BCUT2D eigenvalue weighted by Gasteiger charge is -2.11. The van der Waals surface area contributed by atoms with Crippen LogP contribution in [-0.4, -0.2) is 11.0 Å². The summed E-state index contributed by atoms with van der Waals surface area (Å²) < 4.78 is 0. The van der Waals surface area contributed by atoms with E-state index < -0.39 is 0 Å². The summed E-state index contributed by atoms with van der Waals surface area (Å²) in [6.07, 6.45) is 3.60. The second-order valence-electron chi connectivity index (χ2n) is 4.29. The molecule has 0 spiro atoms. The smallest absolute Gasteiger partial charge is 0.124 e. The van der Waals surface area contributed by atoms with Crippen molar-refractivity contribution in [2.24, 2.45) is 5.73 Å². The molecule has 2 heterocycles. The summed E-state index contributed by atoms with van der Waals surface area (Å²) in [4.78, 5) is 4.73. The molecular weight excluding hydrogens is 236 g/mol. The third-order valence-corrected chi connectivity index (χ3v) is 4.83. The first-order valence-electron chi connectivity index (χ1n) is 5.58. The van der Waals surface area contributed by atoms with Gasteiger partial charge in [-0.25, -0.2) is 4.98 Å². The molecule has 0 saturated heterocycles. The minimum Gasteiger partial charge on any atom is -0.327 e. The standard InChI is InChI=1S/C12H14N2S2/c13-10-3-1-2-9(10)11-7-16-12(14-11)8-4-5-15-6-8/h4-7,9-10H,1-3,13H2. The first kappa shape index (κ1) is 10.4. The van der Waals surface area contributed by atoms with Gasteiger partial charge in [-0.15, -0.1) is 11.3 Å². The Labute approximate surface area is 103 Å². The molecule has 3 rings (SSSR count). The van der Waals surface area contributed by atoms with Gasteiger partial charge in [0.1, 0.15) is 5.01 Å². The Kier molecular flexibility index (Phi) is 2.79. The van der Waals surface area contributed by atoms with Crippen molar-refractivity contribution in [3.8, 4) is 10.6 Å². The number of nitrogens with zero attached hydrogens (tertiary/aromatic N) is 1. The molecule has 0 radical (unpaired) electrons. The van der Waals surface area contributed by atoms with Crippen LogP contribution in [0, 0.1) is 0 Å². The van der Waals surface area contributed by atoms with Crippen molar-refractivity contribution in [1.82, 2.24) is 4.98 Å². The maximum atomic E-state index is 6.11. The van der Waals surface area contributed by atoms with Crippen LogP contribution in [-0.2, 0) is 0 Å². The van der Waals surface area contributed by atoms with Gasteiger partial charge in [-0.3, -0.25) is 0 Å². The number of hydrogen-bond donors (Lipinski definition) is 1. The Bertz CT molecular complexity index is 461. The summed E-state index contributed by atoms with van der Waals surface area (Å²) in [6, 6.07) is 2.44. The molecule has 1 aliphatic rings. The Morgan fingerprint density at radius 3 is 2.94 bits per heavy atom. The highest BCUT2D eigenvalue weighted by atomic mass is 32.1. The fourth-order valence-electron chi connectivity index (χ4n) is 2.33. The number of rotatable bonds is 2. The maximum absolute atomic E-state index is 6.11. The van der Waals surface area contributed by atoms with Crippen molar-refractivity contribution >= 4 is 22.7 Å². The normalized spacial score (nSPS) is 25.1. The van der Waals surface area contributed by atoms with Gasteiger partial charge in [-0.2, -0.15) is 11.3 Å². The Hall–Kier alpha value is -0.710. The minimum absolute atomic E-state index is 0.317. The van der Waals surface area contributed by atoms with Crippen LogP contribution < -0.4 is 5.73 Å². The first-order chi connectivity index (χ1) is 7.84. The maximum Gasteiger partial charge on any atom is 0.124 e. The summed E-state index contributed by atoms with van der Waals surface area (Å²) in [5.41, 5.74) is 8.55. The van der Waals surface area contributed by atoms with Gasteiger partial charge >= 0.3 is 0 Å². The second-order valence-corrected chi connectivity index (χ2v) is 5.93. The van der Waals surface area contributed by atoms with Gasteiger partial charge in [0.05, 0.1) is 5.69 Å². The highest BCUT2D eigenvalue weighted by Crippen LogP contribution is 2.36. The monoisotopic (exact) mass is 250 g/mol. The van der Waals surface area contributed by atoms with Gasteiger partial charge in [-0.1, -0.05) is 6.42 Å². The highest BCUT2D eigenvalue weighted by molar-refractivity contribution is 7.14. The molecule has 0 aromatic carbocycles. The summed E-state index contributed by atoms with van der Waals surface area (Å²) in [5, 5.41) is 7.56. The molecule has 2 atom stereocenters. The van der Waals surface area contributed by atoms with Crippen LogP contribution in [0.2, 0.25) is 0 Å². The topological polar surface area (TPSA) is 38.9 Å². The third-order valence-electron chi connectivity index (χ3n) is 3.24. The fraction of sp³-hybridized carbons (Fsp3) is 0.417. The molecular formula is C12H14N2S2. The van der Waals surface area contributed by atoms with Crippen LogP contribution in [0.5, 0.6) is 0 Å². The largest absolute Gasteiger partial charge is 0.327 e. The zero-order valence-electron chi connectivity index (χ0n) is 8.93. The first-order valence-corrected chi connectivity index (χ1v) is 7.40. The molecule has 0 bridgehead atoms. The van der Waals surface area contributed by atoms with Crippen LogP contribution in [0.3, 0.4) is 0 Å². The summed E-state index contributed by atoms with van der Waals surface area (Å²) in [5.74, 6) is 0.489. The predicted molar refractivity (Wildman–Crippen MR) is 70.0 cm³/mol. The Morgan fingerprint density at radius 1 is 1.31 bits per heavy atom. The average molecular weight is 250 g/mol. The molecule has 2 aromatic rings. The van der Waals surface area contributed by atoms with Crippen molar-refractivity contribution in [3.05, 3.63) is 27.9 Å².